The molecule has 1 amide bonds. The molecule has 0 fully saturated rings. The largest absolute Gasteiger partial charge is 0.300 e. The van der Waals surface area contributed by atoms with Gasteiger partial charge in [0.25, 0.3) is 5.91 Å². The van der Waals surface area contributed by atoms with Crippen LogP contribution in [-0.4, -0.2) is 5.91 Å². The highest BCUT2D eigenvalue weighted by atomic mass is 16.2. The van der Waals surface area contributed by atoms with Crippen LogP contribution < -0.4 is 4.90 Å². The number of hydrogen-bond donors (Lipinski definition) is 0. The first-order valence-electron chi connectivity index (χ1n) is 5.86. The van der Waals surface area contributed by atoms with Gasteiger partial charge < -0.3 is 4.90 Å². The second kappa shape index (κ2) is 2.98. The number of amides is 1. The van der Waals surface area contributed by atoms with E-state index in [1.165, 1.54) is 11.1 Å². The zero-order valence-corrected chi connectivity index (χ0v) is 9.26. The fraction of sp³-hybridized carbons (Fsp3) is 0.133. The quantitative estimate of drug-likeness (QED) is 0.669. The highest BCUT2D eigenvalue weighted by Crippen LogP contribution is 2.46. The maximum atomic E-state index is 12.4. The van der Waals surface area contributed by atoms with Crippen molar-refractivity contribution in [2.75, 3.05) is 4.90 Å². The Balaban J connectivity index is 1.94. The molecule has 2 nitrogen and oxygen atoms in total. The summed E-state index contributed by atoms with van der Waals surface area (Å²) in [5.41, 5.74) is 4.40. The Labute approximate surface area is 99.5 Å². The normalized spacial score (nSPS) is 20.1. The summed E-state index contributed by atoms with van der Waals surface area (Å²) in [5, 5.41) is 0. The Kier molecular flexibility index (Phi) is 1.57. The maximum Gasteiger partial charge on any atom is 0.259 e. The van der Waals surface area contributed by atoms with Gasteiger partial charge in [-0.05, 0) is 29.7 Å². The van der Waals surface area contributed by atoms with Crippen LogP contribution in [0.4, 0.5) is 5.69 Å². The molecule has 1 unspecified atom stereocenters. The summed E-state index contributed by atoms with van der Waals surface area (Å²) in [7, 11) is 0. The lowest BCUT2D eigenvalue weighted by molar-refractivity contribution is 0.0993. The van der Waals surface area contributed by atoms with E-state index in [0.29, 0.717) is 0 Å². The number of nitrogens with zero attached hydrogens (tertiary/aromatic N) is 1. The summed E-state index contributed by atoms with van der Waals surface area (Å²) in [6.45, 7) is 0. The van der Waals surface area contributed by atoms with Crippen molar-refractivity contribution in [3.05, 3.63) is 65.2 Å². The molecule has 2 heteroatoms. The third-order valence-electron chi connectivity index (χ3n) is 3.75. The lowest BCUT2D eigenvalue weighted by Gasteiger charge is -2.16. The van der Waals surface area contributed by atoms with Crippen LogP contribution in [0.15, 0.2) is 48.5 Å². The van der Waals surface area contributed by atoms with Crippen molar-refractivity contribution in [1.82, 2.24) is 0 Å². The molecule has 0 N–H and O–H groups in total. The number of fused-ring (bicyclic) bond motifs is 5. The zero-order chi connectivity index (χ0) is 11.4. The van der Waals surface area contributed by atoms with E-state index in [1.54, 1.807) is 0 Å². The third-order valence-corrected chi connectivity index (χ3v) is 3.75. The van der Waals surface area contributed by atoms with Gasteiger partial charge in [-0.15, -0.1) is 0 Å². The Morgan fingerprint density at radius 3 is 2.71 bits per heavy atom. The molecular weight excluding hydrogens is 210 g/mol. The highest BCUT2D eigenvalue weighted by molar-refractivity contribution is 6.12. The smallest absolute Gasteiger partial charge is 0.259 e. The lowest BCUT2D eigenvalue weighted by Crippen LogP contribution is -2.23. The van der Waals surface area contributed by atoms with Crippen molar-refractivity contribution < 1.29 is 4.79 Å². The molecule has 0 aromatic heterocycles. The van der Waals surface area contributed by atoms with E-state index in [-0.39, 0.29) is 11.9 Å². The van der Waals surface area contributed by atoms with Gasteiger partial charge in [-0.3, -0.25) is 4.79 Å². The summed E-state index contributed by atoms with van der Waals surface area (Å²) >= 11 is 0. The van der Waals surface area contributed by atoms with Crippen molar-refractivity contribution in [2.45, 2.75) is 12.5 Å². The summed E-state index contributed by atoms with van der Waals surface area (Å²) in [6.07, 6.45) is 0.943. The Morgan fingerprint density at radius 1 is 1.00 bits per heavy atom. The summed E-state index contributed by atoms with van der Waals surface area (Å²) in [6, 6.07) is 16.4. The van der Waals surface area contributed by atoms with Crippen molar-refractivity contribution >= 4 is 11.6 Å². The molecule has 2 aromatic carbocycles. The third kappa shape index (κ3) is 1.02. The van der Waals surface area contributed by atoms with Crippen molar-refractivity contribution in [2.24, 2.45) is 0 Å². The van der Waals surface area contributed by atoms with Crippen molar-refractivity contribution in [3.63, 3.8) is 0 Å². The molecular formula is C15H11NO. The molecule has 0 aliphatic carbocycles. The Morgan fingerprint density at radius 2 is 1.76 bits per heavy atom. The number of hydrogen-bond acceptors (Lipinski definition) is 1. The number of carbonyl (C=O) groups excluding carboxylic acids is 1. The van der Waals surface area contributed by atoms with Gasteiger partial charge in [-0.25, -0.2) is 0 Å². The fourth-order valence-corrected chi connectivity index (χ4v) is 3.00. The van der Waals surface area contributed by atoms with E-state index in [9.17, 15) is 4.79 Å². The number of carbonyl (C=O) groups is 1. The Hall–Kier alpha value is -2.09. The molecule has 0 bridgehead atoms. The molecule has 4 rings (SSSR count). The molecule has 2 aromatic rings. The van der Waals surface area contributed by atoms with Gasteiger partial charge in [-0.2, -0.15) is 0 Å². The van der Waals surface area contributed by atoms with Gasteiger partial charge in [0.05, 0.1) is 6.04 Å². The summed E-state index contributed by atoms with van der Waals surface area (Å²) < 4.78 is 0. The minimum Gasteiger partial charge on any atom is -0.300 e. The molecule has 0 radical (unpaired) electrons. The fourth-order valence-electron chi connectivity index (χ4n) is 3.00. The molecule has 82 valence electrons. The summed E-state index contributed by atoms with van der Waals surface area (Å²) in [4.78, 5) is 14.3. The lowest BCUT2D eigenvalue weighted by atomic mass is 10.0. The average Bonchev–Trinajstić information content (AvgIpc) is 2.88. The van der Waals surface area contributed by atoms with Gasteiger partial charge in [0.2, 0.25) is 0 Å². The van der Waals surface area contributed by atoms with E-state index >= 15 is 0 Å². The van der Waals surface area contributed by atoms with Gasteiger partial charge >= 0.3 is 0 Å². The predicted octanol–water partition coefficient (Wildman–Crippen LogP) is 2.94. The SMILES string of the molecule is O=C1c2ccccc2C2Cc3ccccc3N12. The number of para-hydroxylation sites is 1. The second-order valence-electron chi connectivity index (χ2n) is 4.61. The first kappa shape index (κ1) is 8.99. The van der Waals surface area contributed by atoms with Crippen LogP contribution in [0.25, 0.3) is 0 Å². The van der Waals surface area contributed by atoms with Gasteiger partial charge in [0.15, 0.2) is 0 Å². The Bertz CT molecular complexity index is 632. The van der Waals surface area contributed by atoms with Gasteiger partial charge in [0.1, 0.15) is 0 Å². The molecule has 2 aliphatic heterocycles. The number of anilines is 1. The molecule has 2 heterocycles. The van der Waals surface area contributed by atoms with Gasteiger partial charge in [-0.1, -0.05) is 36.4 Å². The van der Waals surface area contributed by atoms with Gasteiger partial charge in [0, 0.05) is 11.3 Å². The molecule has 2 aliphatic rings. The molecule has 0 spiro atoms. The minimum absolute atomic E-state index is 0.149. The number of rotatable bonds is 0. The monoisotopic (exact) mass is 221 g/mol. The van der Waals surface area contributed by atoms with Crippen LogP contribution in [0, 0.1) is 0 Å². The molecule has 0 saturated carbocycles. The highest BCUT2D eigenvalue weighted by Gasteiger charge is 2.42. The standard InChI is InChI=1S/C15H11NO/c17-15-12-7-3-2-6-11(12)14-9-10-5-1-4-8-13(10)16(14)15/h1-8,14H,9H2. The van der Waals surface area contributed by atoms with Crippen LogP contribution >= 0.6 is 0 Å². The molecule has 17 heavy (non-hydrogen) atoms. The predicted molar refractivity (Wildman–Crippen MR) is 66.1 cm³/mol. The summed E-state index contributed by atoms with van der Waals surface area (Å²) in [5.74, 6) is 0.149. The zero-order valence-electron chi connectivity index (χ0n) is 9.26. The average molecular weight is 221 g/mol. The minimum atomic E-state index is 0.149. The topological polar surface area (TPSA) is 20.3 Å². The van der Waals surface area contributed by atoms with Crippen LogP contribution in [0.1, 0.15) is 27.5 Å². The first-order valence-corrected chi connectivity index (χ1v) is 5.86. The van der Waals surface area contributed by atoms with E-state index in [2.05, 4.69) is 12.1 Å². The first-order chi connectivity index (χ1) is 8.36. The van der Waals surface area contributed by atoms with E-state index in [1.807, 2.05) is 41.3 Å². The molecule has 1 atom stereocenters. The van der Waals surface area contributed by atoms with E-state index in [4.69, 9.17) is 0 Å². The van der Waals surface area contributed by atoms with Crippen molar-refractivity contribution in [1.29, 1.82) is 0 Å². The van der Waals surface area contributed by atoms with Crippen LogP contribution in [0.3, 0.4) is 0 Å². The molecule has 0 saturated heterocycles. The van der Waals surface area contributed by atoms with E-state index < -0.39 is 0 Å². The maximum absolute atomic E-state index is 12.4. The van der Waals surface area contributed by atoms with Crippen LogP contribution in [-0.2, 0) is 6.42 Å². The second-order valence-corrected chi connectivity index (χ2v) is 4.61. The van der Waals surface area contributed by atoms with Crippen molar-refractivity contribution in [3.8, 4) is 0 Å². The van der Waals surface area contributed by atoms with Crippen LogP contribution in [0.2, 0.25) is 0 Å². The van der Waals surface area contributed by atoms with E-state index in [0.717, 1.165) is 17.7 Å². The number of benzene rings is 2. The van der Waals surface area contributed by atoms with Crippen LogP contribution in [0.5, 0.6) is 0 Å².